The van der Waals surface area contributed by atoms with Gasteiger partial charge in [-0.05, 0) is 47.8 Å². The van der Waals surface area contributed by atoms with Crippen molar-refractivity contribution in [2.75, 3.05) is 0 Å². The summed E-state index contributed by atoms with van der Waals surface area (Å²) in [4.78, 5) is 0.594. The third kappa shape index (κ3) is 1.25. The van der Waals surface area contributed by atoms with E-state index in [1.165, 1.54) is 19.3 Å². The highest BCUT2D eigenvalue weighted by Gasteiger charge is 2.33. The van der Waals surface area contributed by atoms with Gasteiger partial charge in [-0.3, -0.25) is 0 Å². The van der Waals surface area contributed by atoms with Gasteiger partial charge in [-0.15, -0.1) is 0 Å². The topological polar surface area (TPSA) is 0 Å². The van der Waals surface area contributed by atoms with E-state index in [1.54, 1.807) is 16.7 Å². The monoisotopic (exact) mass is 250 g/mol. The first-order valence-electron chi connectivity index (χ1n) is 5.53. The van der Waals surface area contributed by atoms with Gasteiger partial charge in [-0.1, -0.05) is 41.1 Å². The normalized spacial score (nSPS) is 30.4. The summed E-state index contributed by atoms with van der Waals surface area (Å²) in [6, 6.07) is 6.87. The van der Waals surface area contributed by atoms with Crippen LogP contribution in [-0.2, 0) is 6.42 Å². The summed E-state index contributed by atoms with van der Waals surface area (Å²) in [6.07, 6.45) is 4.10. The fourth-order valence-electron chi connectivity index (χ4n) is 2.63. The predicted octanol–water partition coefficient (Wildman–Crippen LogP) is 4.19. The van der Waals surface area contributed by atoms with Crippen molar-refractivity contribution >= 4 is 15.9 Å². The van der Waals surface area contributed by atoms with Crippen molar-refractivity contribution in [1.82, 2.24) is 0 Å². The zero-order valence-electron chi connectivity index (χ0n) is 8.46. The Kier molecular flexibility index (Phi) is 1.98. The maximum Gasteiger partial charge on any atom is 0.0426 e. The van der Waals surface area contributed by atoms with Gasteiger partial charge in [-0.2, -0.15) is 0 Å². The van der Waals surface area contributed by atoms with E-state index in [1.807, 2.05) is 0 Å². The summed E-state index contributed by atoms with van der Waals surface area (Å²) in [5.41, 5.74) is 4.86. The van der Waals surface area contributed by atoms with Crippen LogP contribution >= 0.6 is 15.9 Å². The van der Waals surface area contributed by atoms with Gasteiger partial charge in [0, 0.05) is 4.83 Å². The number of hydrogen-bond donors (Lipinski definition) is 0. The average molecular weight is 251 g/mol. The van der Waals surface area contributed by atoms with Gasteiger partial charge in [0.25, 0.3) is 0 Å². The Morgan fingerprint density at radius 2 is 1.93 bits per heavy atom. The molecule has 0 aromatic heterocycles. The van der Waals surface area contributed by atoms with E-state index < -0.39 is 0 Å². The van der Waals surface area contributed by atoms with Crippen molar-refractivity contribution in [3.8, 4) is 0 Å². The zero-order chi connectivity index (χ0) is 9.71. The Hall–Kier alpha value is -0.300. The molecule has 0 nitrogen and oxygen atoms in total. The summed E-state index contributed by atoms with van der Waals surface area (Å²) in [5.74, 6) is 1.67. The lowest BCUT2D eigenvalue weighted by molar-refractivity contribution is 0.621. The fourth-order valence-corrected chi connectivity index (χ4v) is 3.24. The van der Waals surface area contributed by atoms with Gasteiger partial charge in [0.15, 0.2) is 0 Å². The summed E-state index contributed by atoms with van der Waals surface area (Å²) in [6.45, 7) is 2.34. The van der Waals surface area contributed by atoms with E-state index in [-0.39, 0.29) is 0 Å². The minimum absolute atomic E-state index is 0.594. The zero-order valence-corrected chi connectivity index (χ0v) is 10.0. The lowest BCUT2D eigenvalue weighted by atomic mass is 10.00. The largest absolute Gasteiger partial charge is 0.0836 e. The van der Waals surface area contributed by atoms with Crippen LogP contribution in [0.5, 0.6) is 0 Å². The lowest BCUT2D eigenvalue weighted by Gasteiger charge is -2.08. The van der Waals surface area contributed by atoms with Crippen molar-refractivity contribution in [2.45, 2.75) is 36.9 Å². The van der Waals surface area contributed by atoms with E-state index in [0.717, 1.165) is 11.8 Å². The molecule has 0 saturated heterocycles. The van der Waals surface area contributed by atoms with Gasteiger partial charge in [0.05, 0.1) is 0 Å². The highest BCUT2D eigenvalue weighted by molar-refractivity contribution is 9.09. The second-order valence-electron chi connectivity index (χ2n) is 4.77. The molecule has 2 unspecified atom stereocenters. The van der Waals surface area contributed by atoms with Crippen molar-refractivity contribution in [1.29, 1.82) is 0 Å². The molecule has 0 N–H and O–H groups in total. The van der Waals surface area contributed by atoms with Crippen LogP contribution in [0.15, 0.2) is 18.2 Å². The number of hydrogen-bond acceptors (Lipinski definition) is 0. The standard InChI is InChI=1S/C13H15Br/c1-8-7-12-10(9-5-6-9)3-2-4-11(12)13(8)14/h2-4,8-9,13H,5-7H2,1H3. The molecule has 0 radical (unpaired) electrons. The number of benzene rings is 1. The molecule has 0 spiro atoms. The van der Waals surface area contributed by atoms with Gasteiger partial charge in [-0.25, -0.2) is 0 Å². The summed E-state index contributed by atoms with van der Waals surface area (Å²) in [7, 11) is 0. The quantitative estimate of drug-likeness (QED) is 0.656. The molecule has 14 heavy (non-hydrogen) atoms. The molecule has 0 bridgehead atoms. The molecule has 2 aliphatic rings. The van der Waals surface area contributed by atoms with Crippen molar-refractivity contribution in [3.63, 3.8) is 0 Å². The van der Waals surface area contributed by atoms with Crippen LogP contribution in [0.2, 0.25) is 0 Å². The van der Waals surface area contributed by atoms with E-state index in [0.29, 0.717) is 4.83 Å². The molecule has 3 rings (SSSR count). The van der Waals surface area contributed by atoms with Crippen LogP contribution in [0, 0.1) is 5.92 Å². The molecule has 0 amide bonds. The Balaban J connectivity index is 2.10. The van der Waals surface area contributed by atoms with Gasteiger partial charge >= 0.3 is 0 Å². The first-order chi connectivity index (χ1) is 6.77. The van der Waals surface area contributed by atoms with E-state index in [9.17, 15) is 0 Å². The van der Waals surface area contributed by atoms with Crippen LogP contribution < -0.4 is 0 Å². The molecule has 1 aromatic rings. The van der Waals surface area contributed by atoms with E-state index in [4.69, 9.17) is 0 Å². The van der Waals surface area contributed by atoms with Crippen molar-refractivity contribution < 1.29 is 0 Å². The average Bonchev–Trinajstić information content (AvgIpc) is 2.96. The number of alkyl halides is 1. The number of fused-ring (bicyclic) bond motifs is 1. The SMILES string of the molecule is CC1Cc2c(C3CC3)cccc2C1Br. The first kappa shape index (κ1) is 8.96. The minimum atomic E-state index is 0.594. The third-order valence-corrected chi connectivity index (χ3v) is 4.98. The molecule has 1 aromatic carbocycles. The Morgan fingerprint density at radius 3 is 2.64 bits per heavy atom. The second kappa shape index (κ2) is 3.10. The highest BCUT2D eigenvalue weighted by Crippen LogP contribution is 2.49. The van der Waals surface area contributed by atoms with Crippen LogP contribution in [0.4, 0.5) is 0 Å². The van der Waals surface area contributed by atoms with Crippen LogP contribution in [0.1, 0.15) is 47.2 Å². The molecule has 74 valence electrons. The molecule has 1 fully saturated rings. The molecule has 2 aliphatic carbocycles. The number of rotatable bonds is 1. The number of halogens is 1. The van der Waals surface area contributed by atoms with Crippen LogP contribution in [-0.4, -0.2) is 0 Å². The Labute approximate surface area is 93.8 Å². The lowest BCUT2D eigenvalue weighted by Crippen LogP contribution is -1.94. The highest BCUT2D eigenvalue weighted by atomic mass is 79.9. The van der Waals surface area contributed by atoms with Crippen molar-refractivity contribution in [2.24, 2.45) is 5.92 Å². The molecule has 1 heteroatoms. The summed E-state index contributed by atoms with van der Waals surface area (Å²) >= 11 is 3.81. The Morgan fingerprint density at radius 1 is 1.21 bits per heavy atom. The summed E-state index contributed by atoms with van der Waals surface area (Å²) in [5, 5.41) is 0. The summed E-state index contributed by atoms with van der Waals surface area (Å²) < 4.78 is 0. The van der Waals surface area contributed by atoms with Gasteiger partial charge in [0.2, 0.25) is 0 Å². The molecule has 2 atom stereocenters. The molecule has 0 heterocycles. The molecule has 1 saturated carbocycles. The molecule has 0 aliphatic heterocycles. The predicted molar refractivity (Wildman–Crippen MR) is 63.0 cm³/mol. The maximum atomic E-state index is 3.81. The van der Waals surface area contributed by atoms with Gasteiger partial charge < -0.3 is 0 Å². The minimum Gasteiger partial charge on any atom is -0.0836 e. The molecular weight excluding hydrogens is 236 g/mol. The maximum absolute atomic E-state index is 3.81. The van der Waals surface area contributed by atoms with Crippen LogP contribution in [0.25, 0.3) is 0 Å². The fraction of sp³-hybridized carbons (Fsp3) is 0.538. The van der Waals surface area contributed by atoms with E-state index >= 15 is 0 Å². The van der Waals surface area contributed by atoms with Gasteiger partial charge in [0.1, 0.15) is 0 Å². The third-order valence-electron chi connectivity index (χ3n) is 3.59. The smallest absolute Gasteiger partial charge is 0.0426 e. The Bertz CT molecular complexity index is 365. The first-order valence-corrected chi connectivity index (χ1v) is 6.44. The van der Waals surface area contributed by atoms with E-state index in [2.05, 4.69) is 41.1 Å². The van der Waals surface area contributed by atoms with Crippen molar-refractivity contribution in [3.05, 3.63) is 34.9 Å². The molecular formula is C13H15Br. The van der Waals surface area contributed by atoms with Crippen LogP contribution in [0.3, 0.4) is 0 Å². The second-order valence-corrected chi connectivity index (χ2v) is 5.76.